The Bertz CT molecular complexity index is 269. The van der Waals surface area contributed by atoms with Crippen LogP contribution in [0.25, 0.3) is 0 Å². The third-order valence-corrected chi connectivity index (χ3v) is 2.91. The average Bonchev–Trinajstić information content (AvgIpc) is 2.58. The van der Waals surface area contributed by atoms with Gasteiger partial charge in [0, 0.05) is 6.61 Å². The Balaban J connectivity index is 1.97. The van der Waals surface area contributed by atoms with E-state index in [0.29, 0.717) is 6.61 Å². The summed E-state index contributed by atoms with van der Waals surface area (Å²) in [5.74, 6) is -0.438. The highest BCUT2D eigenvalue weighted by Gasteiger charge is 2.45. The standard InChI is InChI=1S/C12H20O4/c1-12(2,3)16-11(13)8-7-15-9-5-4-6-14-10(8)9/h8-10H,4-7H2,1-3H3/t8-,9-,10-/m1/s1. The third kappa shape index (κ3) is 2.55. The molecule has 0 saturated carbocycles. The highest BCUT2D eigenvalue weighted by molar-refractivity contribution is 5.74. The first kappa shape index (κ1) is 11.9. The van der Waals surface area contributed by atoms with Crippen LogP contribution in [-0.4, -0.2) is 37.0 Å². The minimum Gasteiger partial charge on any atom is -0.460 e. The molecular weight excluding hydrogens is 208 g/mol. The molecule has 0 unspecified atom stereocenters. The molecule has 3 atom stereocenters. The second-order valence-electron chi connectivity index (χ2n) is 5.49. The van der Waals surface area contributed by atoms with Gasteiger partial charge in [-0.1, -0.05) is 0 Å². The highest BCUT2D eigenvalue weighted by atomic mass is 16.6. The summed E-state index contributed by atoms with van der Waals surface area (Å²) in [6.07, 6.45) is 2.00. The van der Waals surface area contributed by atoms with E-state index in [1.165, 1.54) is 0 Å². The zero-order chi connectivity index (χ0) is 11.8. The van der Waals surface area contributed by atoms with Crippen LogP contribution in [0.3, 0.4) is 0 Å². The second-order valence-corrected chi connectivity index (χ2v) is 5.49. The lowest BCUT2D eigenvalue weighted by Gasteiger charge is -2.28. The average molecular weight is 228 g/mol. The zero-order valence-corrected chi connectivity index (χ0v) is 10.2. The van der Waals surface area contributed by atoms with E-state index in [0.717, 1.165) is 19.4 Å². The summed E-state index contributed by atoms with van der Waals surface area (Å²) in [5, 5.41) is 0. The van der Waals surface area contributed by atoms with Crippen LogP contribution in [-0.2, 0) is 19.0 Å². The fourth-order valence-electron chi connectivity index (χ4n) is 2.23. The van der Waals surface area contributed by atoms with Crippen molar-refractivity contribution in [1.82, 2.24) is 0 Å². The molecule has 2 rings (SSSR count). The number of rotatable bonds is 1. The van der Waals surface area contributed by atoms with Gasteiger partial charge in [0.25, 0.3) is 0 Å². The summed E-state index contributed by atoms with van der Waals surface area (Å²) in [6, 6.07) is 0. The Morgan fingerprint density at radius 1 is 1.31 bits per heavy atom. The number of ether oxygens (including phenoxy) is 3. The van der Waals surface area contributed by atoms with Crippen molar-refractivity contribution in [2.75, 3.05) is 13.2 Å². The molecule has 92 valence electrons. The lowest BCUT2D eigenvalue weighted by molar-refractivity contribution is -0.164. The van der Waals surface area contributed by atoms with Gasteiger partial charge in [0.15, 0.2) is 0 Å². The molecular formula is C12H20O4. The molecule has 4 nitrogen and oxygen atoms in total. The van der Waals surface area contributed by atoms with Crippen molar-refractivity contribution < 1.29 is 19.0 Å². The van der Waals surface area contributed by atoms with E-state index in [1.807, 2.05) is 20.8 Å². The summed E-state index contributed by atoms with van der Waals surface area (Å²) in [5.41, 5.74) is -0.441. The molecule has 0 aromatic heterocycles. The monoisotopic (exact) mass is 228 g/mol. The SMILES string of the molecule is CC(C)(C)OC(=O)[C@@H]1CO[C@@H]2CCCO[C@@H]21. The van der Waals surface area contributed by atoms with E-state index >= 15 is 0 Å². The Morgan fingerprint density at radius 3 is 2.75 bits per heavy atom. The van der Waals surface area contributed by atoms with Crippen molar-refractivity contribution in [3.05, 3.63) is 0 Å². The van der Waals surface area contributed by atoms with E-state index < -0.39 is 5.60 Å². The molecule has 0 aromatic rings. The molecule has 2 heterocycles. The largest absolute Gasteiger partial charge is 0.460 e. The lowest BCUT2D eigenvalue weighted by atomic mass is 9.97. The van der Waals surface area contributed by atoms with Gasteiger partial charge in [0.2, 0.25) is 0 Å². The summed E-state index contributed by atoms with van der Waals surface area (Å²) >= 11 is 0. The smallest absolute Gasteiger partial charge is 0.314 e. The van der Waals surface area contributed by atoms with Crippen LogP contribution in [0.4, 0.5) is 0 Å². The first-order valence-corrected chi connectivity index (χ1v) is 5.93. The maximum Gasteiger partial charge on any atom is 0.314 e. The molecule has 0 radical (unpaired) electrons. The van der Waals surface area contributed by atoms with Gasteiger partial charge in [-0.2, -0.15) is 0 Å². The molecule has 2 fully saturated rings. The van der Waals surface area contributed by atoms with Crippen LogP contribution < -0.4 is 0 Å². The minimum absolute atomic E-state index is 0.0891. The lowest BCUT2D eigenvalue weighted by Crippen LogP contribution is -2.40. The second kappa shape index (κ2) is 4.34. The van der Waals surface area contributed by atoms with Gasteiger partial charge in [-0.05, 0) is 33.6 Å². The normalized spacial score (nSPS) is 34.6. The summed E-state index contributed by atoms with van der Waals surface area (Å²) < 4.78 is 16.6. The fourth-order valence-corrected chi connectivity index (χ4v) is 2.23. The Labute approximate surface area is 96.2 Å². The van der Waals surface area contributed by atoms with E-state index in [1.54, 1.807) is 0 Å². The van der Waals surface area contributed by atoms with Crippen molar-refractivity contribution in [2.24, 2.45) is 5.92 Å². The molecule has 2 aliphatic heterocycles. The van der Waals surface area contributed by atoms with Gasteiger partial charge in [0.05, 0.1) is 18.8 Å². The van der Waals surface area contributed by atoms with Crippen molar-refractivity contribution in [3.8, 4) is 0 Å². The molecule has 16 heavy (non-hydrogen) atoms. The number of carbonyl (C=O) groups is 1. The first-order valence-electron chi connectivity index (χ1n) is 5.93. The predicted octanol–water partition coefficient (Wildman–Crippen LogP) is 1.52. The number of hydrogen-bond donors (Lipinski definition) is 0. The van der Waals surface area contributed by atoms with Crippen LogP contribution in [0.5, 0.6) is 0 Å². The molecule has 4 heteroatoms. The Hall–Kier alpha value is -0.610. The van der Waals surface area contributed by atoms with Gasteiger partial charge in [0.1, 0.15) is 11.5 Å². The fraction of sp³-hybridized carbons (Fsp3) is 0.917. The summed E-state index contributed by atoms with van der Waals surface area (Å²) in [4.78, 5) is 11.9. The quantitative estimate of drug-likeness (QED) is 0.638. The Morgan fingerprint density at radius 2 is 2.06 bits per heavy atom. The van der Waals surface area contributed by atoms with Crippen LogP contribution >= 0.6 is 0 Å². The van der Waals surface area contributed by atoms with Crippen LogP contribution in [0, 0.1) is 5.92 Å². The van der Waals surface area contributed by atoms with E-state index in [2.05, 4.69) is 0 Å². The minimum atomic E-state index is -0.441. The number of esters is 1. The van der Waals surface area contributed by atoms with E-state index in [4.69, 9.17) is 14.2 Å². The van der Waals surface area contributed by atoms with Crippen molar-refractivity contribution in [3.63, 3.8) is 0 Å². The summed E-state index contributed by atoms with van der Waals surface area (Å²) in [7, 11) is 0. The zero-order valence-electron chi connectivity index (χ0n) is 10.2. The third-order valence-electron chi connectivity index (χ3n) is 2.91. The van der Waals surface area contributed by atoms with Gasteiger partial charge in [-0.15, -0.1) is 0 Å². The maximum absolute atomic E-state index is 11.9. The molecule has 0 N–H and O–H groups in total. The summed E-state index contributed by atoms with van der Waals surface area (Å²) in [6.45, 7) is 6.79. The van der Waals surface area contributed by atoms with Crippen molar-refractivity contribution >= 4 is 5.97 Å². The van der Waals surface area contributed by atoms with Gasteiger partial charge in [-0.25, -0.2) is 0 Å². The van der Waals surface area contributed by atoms with Crippen molar-refractivity contribution in [2.45, 2.75) is 51.4 Å². The molecule has 0 bridgehead atoms. The molecule has 0 amide bonds. The van der Waals surface area contributed by atoms with Crippen LogP contribution in [0.15, 0.2) is 0 Å². The Kier molecular flexibility index (Phi) is 3.22. The predicted molar refractivity (Wildman–Crippen MR) is 58.0 cm³/mol. The van der Waals surface area contributed by atoms with Gasteiger partial charge in [-0.3, -0.25) is 4.79 Å². The molecule has 0 spiro atoms. The highest BCUT2D eigenvalue weighted by Crippen LogP contribution is 2.31. The first-order chi connectivity index (χ1) is 7.47. The van der Waals surface area contributed by atoms with Gasteiger partial charge >= 0.3 is 5.97 Å². The van der Waals surface area contributed by atoms with Crippen LogP contribution in [0.2, 0.25) is 0 Å². The topological polar surface area (TPSA) is 44.8 Å². The molecule has 2 aliphatic rings. The number of carbonyl (C=O) groups excluding carboxylic acids is 1. The molecule has 0 aliphatic carbocycles. The van der Waals surface area contributed by atoms with Crippen molar-refractivity contribution in [1.29, 1.82) is 0 Å². The number of fused-ring (bicyclic) bond motifs is 1. The van der Waals surface area contributed by atoms with E-state index in [9.17, 15) is 4.79 Å². The maximum atomic E-state index is 11.9. The van der Waals surface area contributed by atoms with Crippen LogP contribution in [0.1, 0.15) is 33.6 Å². The number of hydrogen-bond acceptors (Lipinski definition) is 4. The molecule has 2 saturated heterocycles. The van der Waals surface area contributed by atoms with E-state index in [-0.39, 0.29) is 24.1 Å². The molecule has 0 aromatic carbocycles. The van der Waals surface area contributed by atoms with Gasteiger partial charge < -0.3 is 14.2 Å².